The third-order valence-corrected chi connectivity index (χ3v) is 5.28. The molecule has 3 heteroatoms. The van der Waals surface area contributed by atoms with E-state index in [-0.39, 0.29) is 0 Å². The molecule has 0 saturated carbocycles. The van der Waals surface area contributed by atoms with Crippen molar-refractivity contribution in [1.82, 2.24) is 5.32 Å². The molecular formula is C18H19NOS. The number of phenols is 1. The molecule has 0 aliphatic rings. The topological polar surface area (TPSA) is 32.3 Å². The van der Waals surface area contributed by atoms with E-state index >= 15 is 0 Å². The summed E-state index contributed by atoms with van der Waals surface area (Å²) >= 11 is 1.87. The van der Waals surface area contributed by atoms with Crippen LogP contribution in [0.3, 0.4) is 0 Å². The molecule has 3 aromatic rings. The van der Waals surface area contributed by atoms with Crippen molar-refractivity contribution in [3.8, 4) is 5.75 Å². The largest absolute Gasteiger partial charge is 0.508 e. The average molecular weight is 297 g/mol. The maximum atomic E-state index is 9.31. The van der Waals surface area contributed by atoms with E-state index in [2.05, 4.69) is 43.4 Å². The van der Waals surface area contributed by atoms with Crippen LogP contribution in [0.1, 0.15) is 29.0 Å². The standard InChI is InChI=1S/C18H19NOS/c1-12-16-5-3-4-6-17(16)21-18(12)13(2)19-11-14-7-9-15(20)10-8-14/h3-10,13,19-20H,11H2,1-2H3. The summed E-state index contributed by atoms with van der Waals surface area (Å²) in [5.74, 6) is 0.312. The third-order valence-electron chi connectivity index (χ3n) is 3.82. The van der Waals surface area contributed by atoms with Gasteiger partial charge in [-0.05, 0) is 48.6 Å². The van der Waals surface area contributed by atoms with Gasteiger partial charge in [-0.2, -0.15) is 0 Å². The molecule has 2 nitrogen and oxygen atoms in total. The molecule has 3 rings (SSSR count). The van der Waals surface area contributed by atoms with Crippen LogP contribution >= 0.6 is 11.3 Å². The van der Waals surface area contributed by atoms with Crippen molar-refractivity contribution >= 4 is 21.4 Å². The van der Waals surface area contributed by atoms with Crippen LogP contribution in [-0.2, 0) is 6.54 Å². The fourth-order valence-electron chi connectivity index (χ4n) is 2.58. The summed E-state index contributed by atoms with van der Waals surface area (Å²) in [5, 5.41) is 14.2. The van der Waals surface area contributed by atoms with Crippen molar-refractivity contribution in [2.45, 2.75) is 26.4 Å². The molecule has 1 atom stereocenters. The Balaban J connectivity index is 1.76. The van der Waals surface area contributed by atoms with Crippen LogP contribution in [0.2, 0.25) is 0 Å². The minimum Gasteiger partial charge on any atom is -0.508 e. The fourth-order valence-corrected chi connectivity index (χ4v) is 3.82. The first-order chi connectivity index (χ1) is 10.1. The number of hydrogen-bond acceptors (Lipinski definition) is 3. The van der Waals surface area contributed by atoms with E-state index in [1.165, 1.54) is 26.1 Å². The number of benzene rings is 2. The smallest absolute Gasteiger partial charge is 0.115 e. The second-order valence-corrected chi connectivity index (χ2v) is 6.44. The average Bonchev–Trinajstić information content (AvgIpc) is 2.84. The Hall–Kier alpha value is -1.84. The molecule has 1 aromatic heterocycles. The molecule has 2 aromatic carbocycles. The molecule has 2 N–H and O–H groups in total. The van der Waals surface area contributed by atoms with Crippen LogP contribution in [0.15, 0.2) is 48.5 Å². The Morgan fingerprint density at radius 2 is 1.81 bits per heavy atom. The Kier molecular flexibility index (Phi) is 3.95. The minimum atomic E-state index is 0.312. The molecule has 0 radical (unpaired) electrons. The quantitative estimate of drug-likeness (QED) is 0.727. The third kappa shape index (κ3) is 2.94. The maximum Gasteiger partial charge on any atom is 0.115 e. The maximum absolute atomic E-state index is 9.31. The van der Waals surface area contributed by atoms with E-state index in [9.17, 15) is 5.11 Å². The molecule has 0 aliphatic heterocycles. The van der Waals surface area contributed by atoms with E-state index in [1.807, 2.05) is 23.5 Å². The second-order valence-electron chi connectivity index (χ2n) is 5.36. The number of nitrogens with one attached hydrogen (secondary N) is 1. The van der Waals surface area contributed by atoms with Crippen molar-refractivity contribution in [3.63, 3.8) is 0 Å². The predicted octanol–water partition coefficient (Wildman–Crippen LogP) is 4.77. The van der Waals surface area contributed by atoms with Crippen LogP contribution in [0.5, 0.6) is 5.75 Å². The van der Waals surface area contributed by atoms with Gasteiger partial charge in [-0.25, -0.2) is 0 Å². The first-order valence-corrected chi connectivity index (χ1v) is 7.96. The normalized spacial score (nSPS) is 12.7. The molecule has 1 unspecified atom stereocenters. The summed E-state index contributed by atoms with van der Waals surface area (Å²) in [6.07, 6.45) is 0. The SMILES string of the molecule is Cc1c(C(C)NCc2ccc(O)cc2)sc2ccccc12. The first-order valence-electron chi connectivity index (χ1n) is 7.14. The Morgan fingerprint density at radius 1 is 1.10 bits per heavy atom. The number of aryl methyl sites for hydroxylation is 1. The van der Waals surface area contributed by atoms with E-state index in [0.29, 0.717) is 11.8 Å². The van der Waals surface area contributed by atoms with Crippen molar-refractivity contribution in [1.29, 1.82) is 0 Å². The highest BCUT2D eigenvalue weighted by Crippen LogP contribution is 2.34. The van der Waals surface area contributed by atoms with Gasteiger partial charge in [0, 0.05) is 22.2 Å². The molecule has 0 spiro atoms. The predicted molar refractivity (Wildman–Crippen MR) is 89.9 cm³/mol. The Labute approximate surface area is 129 Å². The van der Waals surface area contributed by atoms with Crippen molar-refractivity contribution < 1.29 is 5.11 Å². The lowest BCUT2D eigenvalue weighted by Crippen LogP contribution is -2.17. The number of thiophene rings is 1. The van der Waals surface area contributed by atoms with Crippen molar-refractivity contribution in [2.24, 2.45) is 0 Å². The van der Waals surface area contributed by atoms with Gasteiger partial charge in [-0.1, -0.05) is 30.3 Å². The fraction of sp³-hybridized carbons (Fsp3) is 0.222. The van der Waals surface area contributed by atoms with Gasteiger partial charge in [0.2, 0.25) is 0 Å². The van der Waals surface area contributed by atoms with Gasteiger partial charge in [0.1, 0.15) is 5.75 Å². The van der Waals surface area contributed by atoms with Gasteiger partial charge >= 0.3 is 0 Å². The zero-order chi connectivity index (χ0) is 14.8. The molecular weight excluding hydrogens is 278 g/mol. The zero-order valence-corrected chi connectivity index (χ0v) is 13.1. The molecule has 0 aliphatic carbocycles. The van der Waals surface area contributed by atoms with Crippen LogP contribution < -0.4 is 5.32 Å². The number of rotatable bonds is 4. The van der Waals surface area contributed by atoms with E-state index < -0.39 is 0 Å². The molecule has 0 fully saturated rings. The highest BCUT2D eigenvalue weighted by atomic mass is 32.1. The lowest BCUT2D eigenvalue weighted by Gasteiger charge is -2.13. The van der Waals surface area contributed by atoms with Crippen molar-refractivity contribution in [2.75, 3.05) is 0 Å². The Morgan fingerprint density at radius 3 is 2.52 bits per heavy atom. The minimum absolute atomic E-state index is 0.312. The molecule has 0 amide bonds. The summed E-state index contributed by atoms with van der Waals surface area (Å²) in [7, 11) is 0. The number of fused-ring (bicyclic) bond motifs is 1. The van der Waals surface area contributed by atoms with Gasteiger partial charge in [-0.15, -0.1) is 11.3 Å². The van der Waals surface area contributed by atoms with E-state index in [4.69, 9.17) is 0 Å². The van der Waals surface area contributed by atoms with Gasteiger partial charge in [0.05, 0.1) is 0 Å². The number of phenolic OH excluding ortho intramolecular Hbond substituents is 1. The number of aromatic hydroxyl groups is 1. The summed E-state index contributed by atoms with van der Waals surface area (Å²) in [5.41, 5.74) is 2.56. The first kappa shape index (κ1) is 14.1. The summed E-state index contributed by atoms with van der Waals surface area (Å²) in [4.78, 5) is 1.40. The number of hydrogen-bond donors (Lipinski definition) is 2. The molecule has 0 saturated heterocycles. The molecule has 1 heterocycles. The molecule has 108 valence electrons. The highest BCUT2D eigenvalue weighted by Gasteiger charge is 2.13. The second kappa shape index (κ2) is 5.88. The summed E-state index contributed by atoms with van der Waals surface area (Å²) in [6.45, 7) is 5.21. The lowest BCUT2D eigenvalue weighted by atomic mass is 10.1. The van der Waals surface area contributed by atoms with Gasteiger partial charge < -0.3 is 10.4 Å². The van der Waals surface area contributed by atoms with Crippen LogP contribution in [0, 0.1) is 6.92 Å². The van der Waals surface area contributed by atoms with Crippen LogP contribution in [0.25, 0.3) is 10.1 Å². The van der Waals surface area contributed by atoms with Crippen LogP contribution in [0.4, 0.5) is 0 Å². The summed E-state index contributed by atoms with van der Waals surface area (Å²) in [6, 6.07) is 16.2. The summed E-state index contributed by atoms with van der Waals surface area (Å²) < 4.78 is 1.35. The van der Waals surface area contributed by atoms with Gasteiger partial charge in [-0.3, -0.25) is 0 Å². The van der Waals surface area contributed by atoms with Crippen LogP contribution in [-0.4, -0.2) is 5.11 Å². The monoisotopic (exact) mass is 297 g/mol. The van der Waals surface area contributed by atoms with Crippen molar-refractivity contribution in [3.05, 3.63) is 64.5 Å². The van der Waals surface area contributed by atoms with E-state index in [0.717, 1.165) is 6.54 Å². The van der Waals surface area contributed by atoms with Gasteiger partial charge in [0.25, 0.3) is 0 Å². The molecule has 0 bridgehead atoms. The lowest BCUT2D eigenvalue weighted by molar-refractivity contribution is 0.475. The Bertz CT molecular complexity index is 746. The van der Waals surface area contributed by atoms with E-state index in [1.54, 1.807) is 12.1 Å². The van der Waals surface area contributed by atoms with Gasteiger partial charge in [0.15, 0.2) is 0 Å². The highest BCUT2D eigenvalue weighted by molar-refractivity contribution is 7.19. The zero-order valence-electron chi connectivity index (χ0n) is 12.3. The molecule has 21 heavy (non-hydrogen) atoms.